The second-order valence-corrected chi connectivity index (χ2v) is 5.39. The summed E-state index contributed by atoms with van der Waals surface area (Å²) in [5, 5.41) is 0. The van der Waals surface area contributed by atoms with Crippen molar-refractivity contribution in [2.45, 2.75) is 32.7 Å². The molecule has 0 aromatic heterocycles. The minimum Gasteiger partial charge on any atom is -0.339 e. The van der Waals surface area contributed by atoms with E-state index in [2.05, 4.69) is 26.0 Å². The maximum absolute atomic E-state index is 12.3. The number of aryl methyl sites for hydroxylation is 1. The third-order valence-corrected chi connectivity index (χ3v) is 3.79. The quantitative estimate of drug-likeness (QED) is 0.883. The summed E-state index contributed by atoms with van der Waals surface area (Å²) in [6.07, 6.45) is 1.54. The highest BCUT2D eigenvalue weighted by Gasteiger charge is 2.31. The average molecular weight is 246 g/mol. The van der Waals surface area contributed by atoms with Gasteiger partial charge in [-0.1, -0.05) is 29.8 Å². The Morgan fingerprint density at radius 3 is 2.61 bits per heavy atom. The van der Waals surface area contributed by atoms with Crippen molar-refractivity contribution in [2.24, 2.45) is 11.7 Å². The van der Waals surface area contributed by atoms with Crippen molar-refractivity contribution >= 4 is 5.91 Å². The summed E-state index contributed by atoms with van der Waals surface area (Å²) in [5.41, 5.74) is 8.01. The molecule has 0 radical (unpaired) electrons. The van der Waals surface area contributed by atoms with Gasteiger partial charge in [0.2, 0.25) is 5.91 Å². The molecular formula is C15H22N2O. The Balaban J connectivity index is 1.98. The minimum atomic E-state index is 0.224. The van der Waals surface area contributed by atoms with Crippen LogP contribution < -0.4 is 5.73 Å². The average Bonchev–Trinajstić information content (AvgIpc) is 2.73. The number of hydrogen-bond acceptors (Lipinski definition) is 2. The smallest absolute Gasteiger partial charge is 0.227 e. The van der Waals surface area contributed by atoms with Crippen molar-refractivity contribution in [1.82, 2.24) is 4.90 Å². The van der Waals surface area contributed by atoms with Gasteiger partial charge in [0.15, 0.2) is 0 Å². The Hall–Kier alpha value is -1.35. The molecule has 2 atom stereocenters. The first-order chi connectivity index (χ1) is 8.60. The van der Waals surface area contributed by atoms with E-state index in [-0.39, 0.29) is 5.91 Å². The van der Waals surface area contributed by atoms with Crippen molar-refractivity contribution in [3.63, 3.8) is 0 Å². The van der Waals surface area contributed by atoms with Crippen molar-refractivity contribution in [3.05, 3.63) is 35.4 Å². The zero-order valence-corrected chi connectivity index (χ0v) is 11.2. The van der Waals surface area contributed by atoms with Crippen LogP contribution in [0.2, 0.25) is 0 Å². The maximum Gasteiger partial charge on any atom is 0.227 e. The van der Waals surface area contributed by atoms with E-state index in [9.17, 15) is 4.79 Å². The van der Waals surface area contributed by atoms with E-state index >= 15 is 0 Å². The second kappa shape index (κ2) is 5.53. The summed E-state index contributed by atoms with van der Waals surface area (Å²) < 4.78 is 0. The first-order valence-corrected chi connectivity index (χ1v) is 6.65. The van der Waals surface area contributed by atoms with Gasteiger partial charge in [-0.25, -0.2) is 0 Å². The van der Waals surface area contributed by atoms with Crippen LogP contribution in [0.25, 0.3) is 0 Å². The van der Waals surface area contributed by atoms with Crippen LogP contribution in [-0.2, 0) is 11.2 Å². The molecule has 0 saturated carbocycles. The zero-order valence-electron chi connectivity index (χ0n) is 11.2. The predicted octanol–water partition coefficient (Wildman–Crippen LogP) is 1.73. The molecule has 2 N–H and O–H groups in total. The summed E-state index contributed by atoms with van der Waals surface area (Å²) in [6.45, 7) is 5.67. The Bertz CT molecular complexity index is 413. The fourth-order valence-corrected chi connectivity index (χ4v) is 2.64. The number of benzene rings is 1. The highest BCUT2D eigenvalue weighted by Crippen LogP contribution is 2.23. The summed E-state index contributed by atoms with van der Waals surface area (Å²) in [4.78, 5) is 14.2. The van der Waals surface area contributed by atoms with E-state index in [1.54, 1.807) is 0 Å². The van der Waals surface area contributed by atoms with Gasteiger partial charge < -0.3 is 10.6 Å². The largest absolute Gasteiger partial charge is 0.339 e. The Kier molecular flexibility index (Phi) is 4.02. The highest BCUT2D eigenvalue weighted by molar-refractivity contribution is 5.79. The molecule has 0 bridgehead atoms. The molecular weight excluding hydrogens is 224 g/mol. The van der Waals surface area contributed by atoms with Crippen LogP contribution in [0.1, 0.15) is 24.5 Å². The molecule has 1 aromatic carbocycles. The van der Waals surface area contributed by atoms with Crippen LogP contribution in [0.5, 0.6) is 0 Å². The van der Waals surface area contributed by atoms with Gasteiger partial charge in [-0.05, 0) is 38.3 Å². The van der Waals surface area contributed by atoms with Crippen molar-refractivity contribution in [3.8, 4) is 0 Å². The van der Waals surface area contributed by atoms with Gasteiger partial charge in [0.1, 0.15) is 0 Å². The molecule has 18 heavy (non-hydrogen) atoms. The molecule has 0 aliphatic carbocycles. The van der Waals surface area contributed by atoms with E-state index in [1.165, 1.54) is 5.56 Å². The molecule has 98 valence electrons. The third-order valence-electron chi connectivity index (χ3n) is 3.79. The number of carbonyl (C=O) groups excluding carboxylic acids is 1. The maximum atomic E-state index is 12.3. The van der Waals surface area contributed by atoms with Gasteiger partial charge in [0.05, 0.1) is 6.42 Å². The topological polar surface area (TPSA) is 46.3 Å². The summed E-state index contributed by atoms with van der Waals surface area (Å²) in [6, 6.07) is 8.51. The molecule has 3 heteroatoms. The Morgan fingerprint density at radius 2 is 2.06 bits per heavy atom. The molecule has 1 heterocycles. The molecule has 3 nitrogen and oxygen atoms in total. The van der Waals surface area contributed by atoms with E-state index in [1.807, 2.05) is 17.0 Å². The first kappa shape index (κ1) is 13.1. The number of rotatable bonds is 3. The lowest BCUT2D eigenvalue weighted by molar-refractivity contribution is -0.131. The standard InChI is InChI=1S/C15H22N2O/c1-11-3-5-13(6-4-11)8-15(18)17-10-14(9-16)7-12(17)2/h3-6,12,14H,7-10,16H2,1-2H3. The van der Waals surface area contributed by atoms with E-state index in [0.717, 1.165) is 18.5 Å². The third kappa shape index (κ3) is 2.91. The lowest BCUT2D eigenvalue weighted by Gasteiger charge is -2.21. The number of likely N-dealkylation sites (tertiary alicyclic amines) is 1. The summed E-state index contributed by atoms with van der Waals surface area (Å²) in [5.74, 6) is 0.698. The van der Waals surface area contributed by atoms with Gasteiger partial charge in [0.25, 0.3) is 0 Å². The van der Waals surface area contributed by atoms with Crippen LogP contribution in [-0.4, -0.2) is 29.9 Å². The van der Waals surface area contributed by atoms with E-state index in [0.29, 0.717) is 24.9 Å². The second-order valence-electron chi connectivity index (χ2n) is 5.39. The van der Waals surface area contributed by atoms with Gasteiger partial charge in [-0.15, -0.1) is 0 Å². The minimum absolute atomic E-state index is 0.224. The van der Waals surface area contributed by atoms with Crippen LogP contribution in [0.4, 0.5) is 0 Å². The first-order valence-electron chi connectivity index (χ1n) is 6.65. The molecule has 1 aliphatic rings. The number of carbonyl (C=O) groups is 1. The molecule has 1 aliphatic heterocycles. The van der Waals surface area contributed by atoms with Gasteiger partial charge in [0, 0.05) is 12.6 Å². The number of amides is 1. The number of nitrogens with two attached hydrogens (primary N) is 1. The van der Waals surface area contributed by atoms with Crippen molar-refractivity contribution < 1.29 is 4.79 Å². The molecule has 2 unspecified atom stereocenters. The van der Waals surface area contributed by atoms with Crippen LogP contribution in [0, 0.1) is 12.8 Å². The van der Waals surface area contributed by atoms with Crippen LogP contribution in [0.3, 0.4) is 0 Å². The molecule has 1 amide bonds. The molecule has 1 saturated heterocycles. The number of nitrogens with zero attached hydrogens (tertiary/aromatic N) is 1. The SMILES string of the molecule is Cc1ccc(CC(=O)N2CC(CN)CC2C)cc1. The normalized spacial score (nSPS) is 23.4. The van der Waals surface area contributed by atoms with Gasteiger partial charge in [-0.3, -0.25) is 4.79 Å². The zero-order chi connectivity index (χ0) is 13.1. The monoisotopic (exact) mass is 246 g/mol. The number of hydrogen-bond donors (Lipinski definition) is 1. The van der Waals surface area contributed by atoms with Crippen LogP contribution >= 0.6 is 0 Å². The summed E-state index contributed by atoms with van der Waals surface area (Å²) in [7, 11) is 0. The highest BCUT2D eigenvalue weighted by atomic mass is 16.2. The van der Waals surface area contributed by atoms with Crippen LogP contribution in [0.15, 0.2) is 24.3 Å². The molecule has 2 rings (SSSR count). The van der Waals surface area contributed by atoms with Crippen molar-refractivity contribution in [1.29, 1.82) is 0 Å². The Labute approximate surface area is 109 Å². The Morgan fingerprint density at radius 1 is 1.39 bits per heavy atom. The van der Waals surface area contributed by atoms with Gasteiger partial charge in [-0.2, -0.15) is 0 Å². The lowest BCUT2D eigenvalue weighted by Crippen LogP contribution is -2.35. The molecule has 1 fully saturated rings. The van der Waals surface area contributed by atoms with E-state index < -0.39 is 0 Å². The lowest BCUT2D eigenvalue weighted by atomic mass is 10.1. The summed E-state index contributed by atoms with van der Waals surface area (Å²) >= 11 is 0. The fraction of sp³-hybridized carbons (Fsp3) is 0.533. The molecule has 1 aromatic rings. The predicted molar refractivity (Wildman–Crippen MR) is 73.2 cm³/mol. The van der Waals surface area contributed by atoms with Gasteiger partial charge >= 0.3 is 0 Å². The molecule has 0 spiro atoms. The van der Waals surface area contributed by atoms with E-state index in [4.69, 9.17) is 5.73 Å². The fourth-order valence-electron chi connectivity index (χ4n) is 2.64. The van der Waals surface area contributed by atoms with Crippen molar-refractivity contribution in [2.75, 3.05) is 13.1 Å².